The third kappa shape index (κ3) is 5.21. The van der Waals surface area contributed by atoms with Crippen LogP contribution in [-0.2, 0) is 11.3 Å². The van der Waals surface area contributed by atoms with Gasteiger partial charge in [-0.15, -0.1) is 0 Å². The van der Waals surface area contributed by atoms with Crippen LogP contribution >= 0.6 is 0 Å². The molecule has 0 aromatic heterocycles. The fourth-order valence-corrected chi connectivity index (χ4v) is 1.77. The SMILES string of the molecule is Cc1ccc(CN)cc1OC(C)C(=O)NCCC(C)C. The molecule has 0 saturated carbocycles. The van der Waals surface area contributed by atoms with E-state index in [2.05, 4.69) is 19.2 Å². The van der Waals surface area contributed by atoms with Crippen molar-refractivity contribution in [2.24, 2.45) is 11.7 Å². The molecule has 0 aliphatic carbocycles. The van der Waals surface area contributed by atoms with E-state index in [1.807, 2.05) is 25.1 Å². The van der Waals surface area contributed by atoms with Crippen LogP contribution in [0.25, 0.3) is 0 Å². The van der Waals surface area contributed by atoms with Crippen LogP contribution in [0, 0.1) is 12.8 Å². The van der Waals surface area contributed by atoms with Crippen LogP contribution in [-0.4, -0.2) is 18.6 Å². The van der Waals surface area contributed by atoms with Crippen molar-refractivity contribution in [2.45, 2.75) is 46.8 Å². The molecule has 0 spiro atoms. The monoisotopic (exact) mass is 278 g/mol. The maximum atomic E-state index is 11.9. The van der Waals surface area contributed by atoms with Gasteiger partial charge in [-0.3, -0.25) is 4.79 Å². The van der Waals surface area contributed by atoms with Crippen molar-refractivity contribution in [3.63, 3.8) is 0 Å². The second-order valence-electron chi connectivity index (χ2n) is 5.54. The van der Waals surface area contributed by atoms with Gasteiger partial charge in [0.15, 0.2) is 6.10 Å². The molecule has 0 saturated heterocycles. The van der Waals surface area contributed by atoms with E-state index in [9.17, 15) is 4.79 Å². The lowest BCUT2D eigenvalue weighted by atomic mass is 10.1. The third-order valence-electron chi connectivity index (χ3n) is 3.18. The molecule has 1 unspecified atom stereocenters. The van der Waals surface area contributed by atoms with Crippen LogP contribution in [0.2, 0.25) is 0 Å². The Balaban J connectivity index is 2.56. The smallest absolute Gasteiger partial charge is 0.260 e. The first kappa shape index (κ1) is 16.5. The van der Waals surface area contributed by atoms with Gasteiger partial charge in [0.25, 0.3) is 5.91 Å². The average Bonchev–Trinajstić information content (AvgIpc) is 2.40. The highest BCUT2D eigenvalue weighted by Crippen LogP contribution is 2.20. The van der Waals surface area contributed by atoms with Gasteiger partial charge in [-0.1, -0.05) is 26.0 Å². The highest BCUT2D eigenvalue weighted by atomic mass is 16.5. The minimum absolute atomic E-state index is 0.0804. The quantitative estimate of drug-likeness (QED) is 0.805. The van der Waals surface area contributed by atoms with E-state index in [-0.39, 0.29) is 5.91 Å². The fraction of sp³-hybridized carbons (Fsp3) is 0.562. The maximum absolute atomic E-state index is 11.9. The predicted molar refractivity (Wildman–Crippen MR) is 81.6 cm³/mol. The summed E-state index contributed by atoms with van der Waals surface area (Å²) in [6.07, 6.45) is 0.467. The average molecular weight is 278 g/mol. The number of aryl methyl sites for hydroxylation is 1. The van der Waals surface area contributed by atoms with Gasteiger partial charge in [0.05, 0.1) is 0 Å². The predicted octanol–water partition coefficient (Wildman–Crippen LogP) is 2.38. The molecule has 0 fully saturated rings. The Morgan fingerprint density at radius 3 is 2.65 bits per heavy atom. The number of hydrogen-bond acceptors (Lipinski definition) is 3. The Hall–Kier alpha value is -1.55. The second-order valence-corrected chi connectivity index (χ2v) is 5.54. The number of hydrogen-bond donors (Lipinski definition) is 2. The first-order valence-electron chi connectivity index (χ1n) is 7.18. The van der Waals surface area contributed by atoms with Crippen LogP contribution in [0.5, 0.6) is 5.75 Å². The summed E-state index contributed by atoms with van der Waals surface area (Å²) in [6, 6.07) is 5.82. The molecular formula is C16H26N2O2. The first-order chi connectivity index (χ1) is 9.43. The number of carbonyl (C=O) groups excluding carboxylic acids is 1. The standard InChI is InChI=1S/C16H26N2O2/c1-11(2)7-8-18-16(19)13(4)20-15-9-14(10-17)6-5-12(15)3/h5-6,9,11,13H,7-8,10,17H2,1-4H3,(H,18,19). The van der Waals surface area contributed by atoms with Gasteiger partial charge in [-0.25, -0.2) is 0 Å². The maximum Gasteiger partial charge on any atom is 0.260 e. The normalized spacial score (nSPS) is 12.3. The molecule has 4 nitrogen and oxygen atoms in total. The molecular weight excluding hydrogens is 252 g/mol. The van der Waals surface area contributed by atoms with Gasteiger partial charge < -0.3 is 15.8 Å². The molecule has 3 N–H and O–H groups in total. The van der Waals surface area contributed by atoms with Gasteiger partial charge in [0.2, 0.25) is 0 Å². The number of carbonyl (C=O) groups is 1. The largest absolute Gasteiger partial charge is 0.481 e. The molecule has 0 aliphatic rings. The summed E-state index contributed by atoms with van der Waals surface area (Å²) < 4.78 is 5.74. The molecule has 0 heterocycles. The van der Waals surface area contributed by atoms with Crippen molar-refractivity contribution in [2.75, 3.05) is 6.54 Å². The number of amides is 1. The van der Waals surface area contributed by atoms with Gasteiger partial charge in [-0.2, -0.15) is 0 Å². The summed E-state index contributed by atoms with van der Waals surface area (Å²) >= 11 is 0. The number of nitrogens with two attached hydrogens (primary N) is 1. The molecule has 0 bridgehead atoms. The van der Waals surface area contributed by atoms with Crippen molar-refractivity contribution in [3.05, 3.63) is 29.3 Å². The minimum atomic E-state index is -0.506. The summed E-state index contributed by atoms with van der Waals surface area (Å²) in [5, 5.41) is 2.89. The molecule has 112 valence electrons. The van der Waals surface area contributed by atoms with Crippen molar-refractivity contribution < 1.29 is 9.53 Å². The third-order valence-corrected chi connectivity index (χ3v) is 3.18. The number of benzene rings is 1. The van der Waals surface area contributed by atoms with Crippen LogP contribution in [0.4, 0.5) is 0 Å². The molecule has 0 aliphatic heterocycles. The van der Waals surface area contributed by atoms with Crippen molar-refractivity contribution in [1.82, 2.24) is 5.32 Å². The highest BCUT2D eigenvalue weighted by Gasteiger charge is 2.15. The lowest BCUT2D eigenvalue weighted by molar-refractivity contribution is -0.127. The van der Waals surface area contributed by atoms with Crippen molar-refractivity contribution in [3.8, 4) is 5.75 Å². The Bertz CT molecular complexity index is 444. The van der Waals surface area contributed by atoms with E-state index in [0.29, 0.717) is 19.0 Å². The lowest BCUT2D eigenvalue weighted by Gasteiger charge is -2.17. The van der Waals surface area contributed by atoms with Crippen LogP contribution < -0.4 is 15.8 Å². The molecule has 1 atom stereocenters. The van der Waals surface area contributed by atoms with Crippen molar-refractivity contribution in [1.29, 1.82) is 0 Å². The Labute approximate surface area is 121 Å². The zero-order chi connectivity index (χ0) is 15.1. The van der Waals surface area contributed by atoms with Gasteiger partial charge >= 0.3 is 0 Å². The summed E-state index contributed by atoms with van der Waals surface area (Å²) in [5.41, 5.74) is 7.62. The molecule has 1 rings (SSSR count). The number of nitrogens with one attached hydrogen (secondary N) is 1. The highest BCUT2D eigenvalue weighted by molar-refractivity contribution is 5.80. The van der Waals surface area contributed by atoms with Gasteiger partial charge in [-0.05, 0) is 43.4 Å². The summed E-state index contributed by atoms with van der Waals surface area (Å²) in [5.74, 6) is 1.22. The van der Waals surface area contributed by atoms with E-state index in [1.54, 1.807) is 6.92 Å². The van der Waals surface area contributed by atoms with Gasteiger partial charge in [0, 0.05) is 13.1 Å². The molecule has 20 heavy (non-hydrogen) atoms. The van der Waals surface area contributed by atoms with Gasteiger partial charge in [0.1, 0.15) is 5.75 Å². The second kappa shape index (κ2) is 7.90. The molecule has 1 aromatic carbocycles. The Morgan fingerprint density at radius 1 is 1.35 bits per heavy atom. The van der Waals surface area contributed by atoms with Crippen LogP contribution in [0.15, 0.2) is 18.2 Å². The molecule has 4 heteroatoms. The summed E-state index contributed by atoms with van der Waals surface area (Å²) in [6.45, 7) is 9.14. The summed E-state index contributed by atoms with van der Waals surface area (Å²) in [7, 11) is 0. The first-order valence-corrected chi connectivity index (χ1v) is 7.18. The van der Waals surface area contributed by atoms with E-state index in [0.717, 1.165) is 23.3 Å². The van der Waals surface area contributed by atoms with E-state index < -0.39 is 6.10 Å². The number of ether oxygens (including phenoxy) is 1. The molecule has 1 amide bonds. The Kier molecular flexibility index (Phi) is 6.52. The lowest BCUT2D eigenvalue weighted by Crippen LogP contribution is -2.37. The minimum Gasteiger partial charge on any atom is -0.481 e. The zero-order valence-electron chi connectivity index (χ0n) is 12.9. The van der Waals surface area contributed by atoms with Crippen molar-refractivity contribution >= 4 is 5.91 Å². The molecule has 0 radical (unpaired) electrons. The van der Waals surface area contributed by atoms with Crippen LogP contribution in [0.3, 0.4) is 0 Å². The van der Waals surface area contributed by atoms with Crippen LogP contribution in [0.1, 0.15) is 38.3 Å². The topological polar surface area (TPSA) is 64.3 Å². The summed E-state index contributed by atoms with van der Waals surface area (Å²) in [4.78, 5) is 11.9. The van der Waals surface area contributed by atoms with E-state index in [1.165, 1.54) is 0 Å². The van der Waals surface area contributed by atoms with E-state index >= 15 is 0 Å². The molecule has 1 aromatic rings. The zero-order valence-corrected chi connectivity index (χ0v) is 12.9. The van der Waals surface area contributed by atoms with E-state index in [4.69, 9.17) is 10.5 Å². The fourth-order valence-electron chi connectivity index (χ4n) is 1.77. The Morgan fingerprint density at radius 2 is 2.05 bits per heavy atom. The number of rotatable bonds is 7.